The lowest BCUT2D eigenvalue weighted by Gasteiger charge is -2.15. The maximum absolute atomic E-state index is 12.3. The number of benzene rings is 2. The van der Waals surface area contributed by atoms with Gasteiger partial charge >= 0.3 is 0 Å². The molecule has 2 aromatic carbocycles. The van der Waals surface area contributed by atoms with E-state index >= 15 is 0 Å². The Labute approximate surface area is 165 Å². The molecule has 2 rings (SSSR count). The van der Waals surface area contributed by atoms with Gasteiger partial charge in [-0.15, -0.1) is 12.4 Å². The molecule has 1 atom stereocenters. The molecule has 0 bridgehead atoms. The highest BCUT2D eigenvalue weighted by Gasteiger charge is 2.17. The number of rotatable bonds is 8. The molecule has 27 heavy (non-hydrogen) atoms. The highest BCUT2D eigenvalue weighted by atomic mass is 35.5. The van der Waals surface area contributed by atoms with Crippen LogP contribution in [0.4, 0.5) is 5.69 Å². The van der Waals surface area contributed by atoms with E-state index in [-0.39, 0.29) is 36.3 Å². The standard InChI is InChI=1S/C18H23N3O4S.ClH/c1-13-6-8-16(9-7-13)25-14(2)18(22)21-15-4-3-5-17(12-15)26(23,24)20-11-10-19;/h3-9,12,14,20H,10-11,19H2,1-2H3,(H,21,22);1H. The molecule has 0 aliphatic heterocycles. The fraction of sp³-hybridized carbons (Fsp3) is 0.278. The van der Waals surface area contributed by atoms with E-state index in [1.54, 1.807) is 31.2 Å². The summed E-state index contributed by atoms with van der Waals surface area (Å²) in [7, 11) is -3.67. The lowest BCUT2D eigenvalue weighted by Crippen LogP contribution is -2.31. The van der Waals surface area contributed by atoms with Crippen molar-refractivity contribution in [2.75, 3.05) is 18.4 Å². The van der Waals surface area contributed by atoms with Gasteiger partial charge in [-0.1, -0.05) is 23.8 Å². The molecule has 0 fully saturated rings. The molecule has 0 aliphatic carbocycles. The van der Waals surface area contributed by atoms with Gasteiger partial charge in [0.05, 0.1) is 4.90 Å². The van der Waals surface area contributed by atoms with Crippen molar-refractivity contribution in [2.24, 2.45) is 5.73 Å². The fourth-order valence-corrected chi connectivity index (χ4v) is 3.23. The average molecular weight is 414 g/mol. The molecule has 0 heterocycles. The van der Waals surface area contributed by atoms with Gasteiger partial charge in [-0.2, -0.15) is 0 Å². The number of anilines is 1. The lowest BCUT2D eigenvalue weighted by atomic mass is 10.2. The number of halogens is 1. The average Bonchev–Trinajstić information content (AvgIpc) is 2.62. The summed E-state index contributed by atoms with van der Waals surface area (Å²) in [5.41, 5.74) is 6.78. The molecular formula is C18H24ClN3O4S. The van der Waals surface area contributed by atoms with Crippen molar-refractivity contribution in [3.05, 3.63) is 54.1 Å². The van der Waals surface area contributed by atoms with Gasteiger partial charge in [0, 0.05) is 18.8 Å². The summed E-state index contributed by atoms with van der Waals surface area (Å²) in [6.45, 7) is 3.92. The number of carbonyl (C=O) groups excluding carboxylic acids is 1. The van der Waals surface area contributed by atoms with Crippen molar-refractivity contribution in [2.45, 2.75) is 24.8 Å². The Balaban J connectivity index is 0.00000364. The smallest absolute Gasteiger partial charge is 0.265 e. The second kappa shape index (κ2) is 10.3. The molecule has 2 aromatic rings. The highest BCUT2D eigenvalue weighted by molar-refractivity contribution is 7.89. The second-order valence-corrected chi connectivity index (χ2v) is 7.54. The second-order valence-electron chi connectivity index (χ2n) is 5.78. The normalized spacial score (nSPS) is 12.0. The van der Waals surface area contributed by atoms with Gasteiger partial charge in [0.2, 0.25) is 10.0 Å². The van der Waals surface area contributed by atoms with Crippen molar-refractivity contribution in [1.29, 1.82) is 0 Å². The minimum Gasteiger partial charge on any atom is -0.481 e. The Hall–Kier alpha value is -2.13. The van der Waals surface area contributed by atoms with Crippen LogP contribution in [-0.4, -0.2) is 33.5 Å². The van der Waals surface area contributed by atoms with E-state index in [1.807, 2.05) is 19.1 Å². The van der Waals surface area contributed by atoms with Crippen molar-refractivity contribution in [3.8, 4) is 5.75 Å². The summed E-state index contributed by atoms with van der Waals surface area (Å²) >= 11 is 0. The molecule has 0 spiro atoms. The van der Waals surface area contributed by atoms with Gasteiger partial charge in [-0.3, -0.25) is 4.79 Å². The molecule has 0 aliphatic rings. The molecule has 7 nitrogen and oxygen atoms in total. The van der Waals surface area contributed by atoms with Crippen LogP contribution in [0.3, 0.4) is 0 Å². The SMILES string of the molecule is Cc1ccc(OC(C)C(=O)Nc2cccc(S(=O)(=O)NCCN)c2)cc1.Cl. The van der Waals surface area contributed by atoms with Gasteiger partial charge < -0.3 is 15.8 Å². The molecule has 0 radical (unpaired) electrons. The number of sulfonamides is 1. The number of hydrogen-bond acceptors (Lipinski definition) is 5. The summed E-state index contributed by atoms with van der Waals surface area (Å²) in [4.78, 5) is 12.4. The van der Waals surface area contributed by atoms with Gasteiger partial charge in [0.15, 0.2) is 6.10 Å². The predicted octanol–water partition coefficient (Wildman–Crippen LogP) is 2.06. The van der Waals surface area contributed by atoms with Gasteiger partial charge in [-0.25, -0.2) is 13.1 Å². The highest BCUT2D eigenvalue weighted by Crippen LogP contribution is 2.17. The first-order valence-electron chi connectivity index (χ1n) is 8.16. The number of hydrogen-bond donors (Lipinski definition) is 3. The largest absolute Gasteiger partial charge is 0.481 e. The number of ether oxygens (including phenoxy) is 1. The van der Waals surface area contributed by atoms with Crippen LogP contribution < -0.4 is 20.5 Å². The van der Waals surface area contributed by atoms with Crippen LogP contribution in [-0.2, 0) is 14.8 Å². The quantitative estimate of drug-likeness (QED) is 0.613. The Kier molecular flexibility index (Phi) is 8.71. The third-order valence-electron chi connectivity index (χ3n) is 3.55. The van der Waals surface area contributed by atoms with Crippen LogP contribution in [0.2, 0.25) is 0 Å². The minimum atomic E-state index is -3.67. The van der Waals surface area contributed by atoms with Crippen LogP contribution in [0.25, 0.3) is 0 Å². The van der Waals surface area contributed by atoms with Crippen LogP contribution in [0.15, 0.2) is 53.4 Å². The maximum atomic E-state index is 12.3. The molecule has 9 heteroatoms. The summed E-state index contributed by atoms with van der Waals surface area (Å²) in [5, 5.41) is 2.66. The topological polar surface area (TPSA) is 111 Å². The van der Waals surface area contributed by atoms with Crippen LogP contribution in [0, 0.1) is 6.92 Å². The van der Waals surface area contributed by atoms with Gasteiger partial charge in [0.25, 0.3) is 5.91 Å². The fourth-order valence-electron chi connectivity index (χ4n) is 2.14. The van der Waals surface area contributed by atoms with Crippen LogP contribution >= 0.6 is 12.4 Å². The molecule has 1 amide bonds. The number of aryl methyl sites for hydroxylation is 1. The first-order chi connectivity index (χ1) is 12.3. The van der Waals surface area contributed by atoms with E-state index in [0.29, 0.717) is 11.4 Å². The monoisotopic (exact) mass is 413 g/mol. The molecule has 0 saturated carbocycles. The molecule has 0 saturated heterocycles. The first kappa shape index (κ1) is 22.9. The first-order valence-corrected chi connectivity index (χ1v) is 9.64. The van der Waals surface area contributed by atoms with Crippen molar-refractivity contribution in [1.82, 2.24) is 4.72 Å². The molecule has 0 aromatic heterocycles. The summed E-state index contributed by atoms with van der Waals surface area (Å²) < 4.78 is 32.2. The minimum absolute atomic E-state index is 0. The van der Waals surface area contributed by atoms with E-state index in [0.717, 1.165) is 5.56 Å². The molecule has 148 valence electrons. The van der Waals surface area contributed by atoms with Crippen molar-refractivity contribution >= 4 is 34.0 Å². The summed E-state index contributed by atoms with van der Waals surface area (Å²) in [5.74, 6) is 0.204. The summed E-state index contributed by atoms with van der Waals surface area (Å²) in [6, 6.07) is 13.3. The van der Waals surface area contributed by atoms with E-state index in [9.17, 15) is 13.2 Å². The van der Waals surface area contributed by atoms with E-state index in [4.69, 9.17) is 10.5 Å². The molecule has 4 N–H and O–H groups in total. The number of carbonyl (C=O) groups is 1. The zero-order valence-corrected chi connectivity index (χ0v) is 16.8. The maximum Gasteiger partial charge on any atom is 0.265 e. The predicted molar refractivity (Wildman–Crippen MR) is 108 cm³/mol. The van der Waals surface area contributed by atoms with E-state index in [1.165, 1.54) is 12.1 Å². The molecular weight excluding hydrogens is 390 g/mol. The van der Waals surface area contributed by atoms with Crippen molar-refractivity contribution < 1.29 is 17.9 Å². The number of amides is 1. The van der Waals surface area contributed by atoms with E-state index < -0.39 is 16.1 Å². The van der Waals surface area contributed by atoms with Gasteiger partial charge in [-0.05, 0) is 44.2 Å². The Morgan fingerprint density at radius 2 is 1.85 bits per heavy atom. The Morgan fingerprint density at radius 1 is 1.19 bits per heavy atom. The number of nitrogens with two attached hydrogens (primary N) is 1. The number of nitrogens with one attached hydrogen (secondary N) is 2. The zero-order chi connectivity index (χ0) is 19.2. The third kappa shape index (κ3) is 6.84. The summed E-state index contributed by atoms with van der Waals surface area (Å²) in [6.07, 6.45) is -0.742. The third-order valence-corrected chi connectivity index (χ3v) is 5.01. The van der Waals surface area contributed by atoms with Crippen molar-refractivity contribution in [3.63, 3.8) is 0 Å². The Morgan fingerprint density at radius 3 is 2.48 bits per heavy atom. The Bertz CT molecular complexity index is 857. The van der Waals surface area contributed by atoms with Crippen LogP contribution in [0.1, 0.15) is 12.5 Å². The van der Waals surface area contributed by atoms with Crippen LogP contribution in [0.5, 0.6) is 5.75 Å². The van der Waals surface area contributed by atoms with E-state index in [2.05, 4.69) is 10.0 Å². The molecule has 1 unspecified atom stereocenters. The zero-order valence-electron chi connectivity index (χ0n) is 15.1. The van der Waals surface area contributed by atoms with Gasteiger partial charge in [0.1, 0.15) is 5.75 Å². The lowest BCUT2D eigenvalue weighted by molar-refractivity contribution is -0.122.